The highest BCUT2D eigenvalue weighted by Crippen LogP contribution is 2.39. The fraction of sp³-hybridized carbons (Fsp3) is 0.200. The van der Waals surface area contributed by atoms with Crippen LogP contribution >= 0.6 is 0 Å². The zero-order chi connectivity index (χ0) is 11.2. The van der Waals surface area contributed by atoms with Gasteiger partial charge in [0.2, 0.25) is 0 Å². The van der Waals surface area contributed by atoms with Crippen molar-refractivity contribution in [1.29, 1.82) is 5.26 Å². The van der Waals surface area contributed by atoms with E-state index in [9.17, 15) is 0 Å². The standard InChI is InChI=1S/C10H9N5O/c11-5-6-9(12)14-15-10(6)13-7-3-1-2-4-8(7)16-10/h1-4,6,13,15H,(H2,12,14). The third-order valence-electron chi connectivity index (χ3n) is 2.66. The molecule has 4 N–H and O–H groups in total. The average molecular weight is 215 g/mol. The van der Waals surface area contributed by atoms with Gasteiger partial charge < -0.3 is 15.8 Å². The number of fused-ring (bicyclic) bond motifs is 1. The summed E-state index contributed by atoms with van der Waals surface area (Å²) in [5, 5.41) is 16.0. The van der Waals surface area contributed by atoms with E-state index in [1.807, 2.05) is 24.3 Å². The fourth-order valence-electron chi connectivity index (χ4n) is 1.88. The van der Waals surface area contributed by atoms with Gasteiger partial charge in [0.25, 0.3) is 5.85 Å². The second kappa shape index (κ2) is 2.79. The molecule has 2 aliphatic rings. The van der Waals surface area contributed by atoms with Crippen molar-refractivity contribution in [2.45, 2.75) is 5.85 Å². The number of nitrogens with one attached hydrogen (secondary N) is 2. The van der Waals surface area contributed by atoms with Crippen LogP contribution in [-0.4, -0.2) is 11.7 Å². The van der Waals surface area contributed by atoms with E-state index in [4.69, 9.17) is 15.7 Å². The van der Waals surface area contributed by atoms with Gasteiger partial charge in [-0.3, -0.25) is 0 Å². The summed E-state index contributed by atoms with van der Waals surface area (Å²) >= 11 is 0. The Bertz CT molecular complexity index is 493. The number of benzene rings is 1. The van der Waals surface area contributed by atoms with E-state index < -0.39 is 11.8 Å². The molecule has 0 saturated heterocycles. The van der Waals surface area contributed by atoms with Gasteiger partial charge in [-0.2, -0.15) is 10.4 Å². The van der Waals surface area contributed by atoms with Gasteiger partial charge in [-0.25, -0.2) is 5.43 Å². The zero-order valence-electron chi connectivity index (χ0n) is 8.27. The lowest BCUT2D eigenvalue weighted by molar-refractivity contribution is 0.0762. The maximum absolute atomic E-state index is 9.07. The first kappa shape index (κ1) is 8.85. The molecule has 1 aromatic rings. The summed E-state index contributed by atoms with van der Waals surface area (Å²) < 4.78 is 5.69. The third-order valence-corrected chi connectivity index (χ3v) is 2.66. The lowest BCUT2D eigenvalue weighted by Crippen LogP contribution is -2.55. The van der Waals surface area contributed by atoms with Crippen molar-refractivity contribution in [3.63, 3.8) is 0 Å². The largest absolute Gasteiger partial charge is 0.445 e. The van der Waals surface area contributed by atoms with E-state index in [1.165, 1.54) is 0 Å². The SMILES string of the molecule is N#CC1C(N)=NNC12Nc1ccccc1O2. The van der Waals surface area contributed by atoms with Crippen molar-refractivity contribution in [1.82, 2.24) is 5.43 Å². The van der Waals surface area contributed by atoms with Crippen LogP contribution in [0.4, 0.5) is 5.69 Å². The lowest BCUT2D eigenvalue weighted by Gasteiger charge is -2.25. The van der Waals surface area contributed by atoms with Gasteiger partial charge >= 0.3 is 0 Å². The summed E-state index contributed by atoms with van der Waals surface area (Å²) in [5.41, 5.74) is 9.18. The predicted molar refractivity (Wildman–Crippen MR) is 57.3 cm³/mol. The number of nitriles is 1. The molecule has 16 heavy (non-hydrogen) atoms. The number of amidine groups is 1. The Morgan fingerprint density at radius 2 is 2.31 bits per heavy atom. The summed E-state index contributed by atoms with van der Waals surface area (Å²) in [7, 11) is 0. The molecule has 2 aliphatic heterocycles. The van der Waals surface area contributed by atoms with E-state index >= 15 is 0 Å². The maximum atomic E-state index is 9.07. The molecule has 0 aromatic heterocycles. The quantitative estimate of drug-likeness (QED) is 0.573. The molecular weight excluding hydrogens is 206 g/mol. The van der Waals surface area contributed by atoms with Gasteiger partial charge in [-0.15, -0.1) is 0 Å². The number of nitrogens with zero attached hydrogens (tertiary/aromatic N) is 2. The van der Waals surface area contributed by atoms with Crippen molar-refractivity contribution < 1.29 is 4.74 Å². The Labute approximate surface area is 91.7 Å². The molecule has 0 bridgehead atoms. The molecule has 0 aliphatic carbocycles. The molecule has 1 aromatic carbocycles. The van der Waals surface area contributed by atoms with E-state index in [2.05, 4.69) is 21.9 Å². The minimum Gasteiger partial charge on any atom is -0.445 e. The average Bonchev–Trinajstić information content (AvgIpc) is 2.80. The summed E-state index contributed by atoms with van der Waals surface area (Å²) in [6.07, 6.45) is 0. The van der Waals surface area contributed by atoms with Crippen molar-refractivity contribution in [3.8, 4) is 11.8 Å². The molecule has 0 radical (unpaired) electrons. The molecule has 0 fully saturated rings. The molecule has 2 heterocycles. The summed E-state index contributed by atoms with van der Waals surface area (Å²) in [4.78, 5) is 0. The number of hydrogen-bond donors (Lipinski definition) is 3. The van der Waals surface area contributed by atoms with Crippen molar-refractivity contribution in [3.05, 3.63) is 24.3 Å². The number of rotatable bonds is 0. The highest BCUT2D eigenvalue weighted by atomic mass is 16.5. The number of anilines is 1. The van der Waals surface area contributed by atoms with E-state index in [0.717, 1.165) is 5.69 Å². The van der Waals surface area contributed by atoms with Gasteiger partial charge in [0, 0.05) is 0 Å². The van der Waals surface area contributed by atoms with Crippen LogP contribution in [0.15, 0.2) is 29.4 Å². The number of hydrogen-bond acceptors (Lipinski definition) is 6. The molecule has 3 rings (SSSR count). The third kappa shape index (κ3) is 0.969. The number of ether oxygens (including phenoxy) is 1. The highest BCUT2D eigenvalue weighted by molar-refractivity contribution is 5.89. The van der Waals surface area contributed by atoms with Crippen molar-refractivity contribution in [2.75, 3.05) is 5.32 Å². The van der Waals surface area contributed by atoms with Crippen LogP contribution in [0, 0.1) is 17.2 Å². The van der Waals surface area contributed by atoms with Gasteiger partial charge in [-0.1, -0.05) is 12.1 Å². The smallest absolute Gasteiger partial charge is 0.297 e. The lowest BCUT2D eigenvalue weighted by atomic mass is 10.1. The molecule has 1 spiro atoms. The number of hydrazone groups is 1. The van der Waals surface area contributed by atoms with Crippen molar-refractivity contribution in [2.24, 2.45) is 16.8 Å². The Hall–Kier alpha value is -2.42. The molecule has 2 atom stereocenters. The van der Waals surface area contributed by atoms with Gasteiger partial charge in [0.15, 0.2) is 5.92 Å². The van der Waals surface area contributed by atoms with Gasteiger partial charge in [0.1, 0.15) is 11.6 Å². The summed E-state index contributed by atoms with van der Waals surface area (Å²) in [5.74, 6) is -0.800. The Kier molecular flexibility index (Phi) is 1.55. The van der Waals surface area contributed by atoms with Gasteiger partial charge in [-0.05, 0) is 12.1 Å². The summed E-state index contributed by atoms with van der Waals surface area (Å²) in [6, 6.07) is 9.51. The minimum absolute atomic E-state index is 0.225. The molecular formula is C10H9N5O. The van der Waals surface area contributed by atoms with E-state index in [-0.39, 0.29) is 5.84 Å². The highest BCUT2D eigenvalue weighted by Gasteiger charge is 2.52. The predicted octanol–water partition coefficient (Wildman–Crippen LogP) is 0.160. The first-order valence-electron chi connectivity index (χ1n) is 4.81. The maximum Gasteiger partial charge on any atom is 0.297 e. The van der Waals surface area contributed by atoms with Crippen LogP contribution in [-0.2, 0) is 0 Å². The minimum atomic E-state index is -1.05. The van der Waals surface area contributed by atoms with Crippen LogP contribution in [0.2, 0.25) is 0 Å². The molecule has 0 amide bonds. The molecule has 80 valence electrons. The van der Waals surface area contributed by atoms with Crippen LogP contribution in [0.5, 0.6) is 5.75 Å². The van der Waals surface area contributed by atoms with E-state index in [1.54, 1.807) is 0 Å². The van der Waals surface area contributed by atoms with Gasteiger partial charge in [0.05, 0.1) is 11.8 Å². The molecule has 0 saturated carbocycles. The van der Waals surface area contributed by atoms with Crippen LogP contribution in [0.3, 0.4) is 0 Å². The Balaban J connectivity index is 1.99. The first-order chi connectivity index (χ1) is 7.75. The summed E-state index contributed by atoms with van der Waals surface area (Å²) in [6.45, 7) is 0. The number of para-hydroxylation sites is 2. The Morgan fingerprint density at radius 3 is 3.06 bits per heavy atom. The molecule has 2 unspecified atom stereocenters. The second-order valence-electron chi connectivity index (χ2n) is 3.67. The first-order valence-corrected chi connectivity index (χ1v) is 4.81. The number of nitrogens with two attached hydrogens (primary N) is 1. The Morgan fingerprint density at radius 1 is 1.50 bits per heavy atom. The monoisotopic (exact) mass is 215 g/mol. The van der Waals surface area contributed by atoms with Crippen LogP contribution < -0.4 is 21.2 Å². The molecule has 6 heteroatoms. The second-order valence-corrected chi connectivity index (χ2v) is 3.67. The molecule has 6 nitrogen and oxygen atoms in total. The van der Waals surface area contributed by atoms with Crippen LogP contribution in [0.25, 0.3) is 0 Å². The van der Waals surface area contributed by atoms with Crippen LogP contribution in [0.1, 0.15) is 0 Å². The normalized spacial score (nSPS) is 29.7. The topological polar surface area (TPSA) is 95.5 Å². The zero-order valence-corrected chi connectivity index (χ0v) is 8.27. The fourth-order valence-corrected chi connectivity index (χ4v) is 1.88. The van der Waals surface area contributed by atoms with E-state index in [0.29, 0.717) is 5.75 Å². The van der Waals surface area contributed by atoms with Crippen molar-refractivity contribution >= 4 is 11.5 Å².